The number of phenols is 1. The van der Waals surface area contributed by atoms with Crippen LogP contribution in [0.15, 0.2) is 47.5 Å². The minimum Gasteiger partial charge on any atom is -0.508 e. The number of nitrogens with zero attached hydrogens (tertiary/aromatic N) is 1. The molecule has 12 N–H and O–H groups in total. The summed E-state index contributed by atoms with van der Waals surface area (Å²) in [6, 6.07) is 10.8. The Morgan fingerprint density at radius 2 is 1.48 bits per heavy atom. The number of amides is 2. The molecule has 0 spiro atoms. The standard InChI is InChI=1S/C34H51N7O5/c1-21-15-26(42)16-22(2)27(21)18-25(20-30(43)28(36)11-8-14-40-34(38)39)33(46)41-29(12-6-7-13-35)31(44)19-24(32(37)45)17-23-9-4-3-5-10-23/h3-5,9-10,15-16,24-25,28-29,42H,6-8,11-14,17-20,35-36H2,1-2H3,(H2,37,45)(H,41,46)(H4,38,39,40)/t24?,25-,28?,29+/m1/s1. The quantitative estimate of drug-likeness (QED) is 0.0594. The maximum Gasteiger partial charge on any atom is 0.224 e. The molecule has 0 aliphatic carbocycles. The van der Waals surface area contributed by atoms with E-state index >= 15 is 0 Å². The van der Waals surface area contributed by atoms with Crippen LogP contribution in [0.4, 0.5) is 0 Å². The van der Waals surface area contributed by atoms with Crippen LogP contribution in [0.5, 0.6) is 5.75 Å². The lowest BCUT2D eigenvalue weighted by Crippen LogP contribution is -2.46. The second kappa shape index (κ2) is 19.3. The number of nitrogens with two attached hydrogens (primary N) is 5. The Kier molecular flexibility index (Phi) is 15.9. The van der Waals surface area contributed by atoms with Crippen LogP contribution in [-0.4, -0.2) is 59.6 Å². The van der Waals surface area contributed by atoms with E-state index in [0.717, 1.165) is 22.3 Å². The van der Waals surface area contributed by atoms with Crippen molar-refractivity contribution in [2.45, 2.75) is 83.7 Å². The van der Waals surface area contributed by atoms with Gasteiger partial charge in [-0.1, -0.05) is 30.3 Å². The molecule has 0 aliphatic rings. The number of ketones is 2. The lowest BCUT2D eigenvalue weighted by atomic mass is 9.86. The zero-order chi connectivity index (χ0) is 34.2. The molecule has 0 aromatic heterocycles. The molecule has 4 atom stereocenters. The lowest BCUT2D eigenvalue weighted by Gasteiger charge is -2.25. The highest BCUT2D eigenvalue weighted by Crippen LogP contribution is 2.26. The zero-order valence-electron chi connectivity index (χ0n) is 27.0. The van der Waals surface area contributed by atoms with E-state index in [-0.39, 0.29) is 42.5 Å². The van der Waals surface area contributed by atoms with Crippen molar-refractivity contribution in [1.82, 2.24) is 5.32 Å². The van der Waals surface area contributed by atoms with Crippen LogP contribution in [0.3, 0.4) is 0 Å². The number of hydrogen-bond acceptors (Lipinski definition) is 8. The van der Waals surface area contributed by atoms with E-state index in [4.69, 9.17) is 28.7 Å². The number of benzene rings is 2. The maximum atomic E-state index is 13.9. The molecule has 0 saturated heterocycles. The first-order valence-electron chi connectivity index (χ1n) is 15.8. The Balaban J connectivity index is 2.30. The first kappa shape index (κ1) is 37.9. The summed E-state index contributed by atoms with van der Waals surface area (Å²) < 4.78 is 0. The molecule has 0 fully saturated rings. The summed E-state index contributed by atoms with van der Waals surface area (Å²) in [7, 11) is 0. The fraction of sp³-hybridized carbons (Fsp3) is 0.500. The van der Waals surface area contributed by atoms with E-state index in [1.165, 1.54) is 0 Å². The number of primary amides is 1. The van der Waals surface area contributed by atoms with E-state index in [1.54, 1.807) is 12.1 Å². The third kappa shape index (κ3) is 13.0. The zero-order valence-corrected chi connectivity index (χ0v) is 27.0. The Morgan fingerprint density at radius 3 is 2.07 bits per heavy atom. The molecule has 2 aromatic carbocycles. The number of nitrogens with one attached hydrogen (secondary N) is 1. The highest BCUT2D eigenvalue weighted by molar-refractivity contribution is 5.94. The number of hydrogen-bond donors (Lipinski definition) is 7. The van der Waals surface area contributed by atoms with Crippen molar-refractivity contribution in [3.8, 4) is 5.75 Å². The van der Waals surface area contributed by atoms with Gasteiger partial charge >= 0.3 is 0 Å². The third-order valence-electron chi connectivity index (χ3n) is 8.16. The molecule has 0 radical (unpaired) electrons. The molecule has 0 aliphatic heterocycles. The normalized spacial score (nSPS) is 13.7. The van der Waals surface area contributed by atoms with Crippen LogP contribution < -0.4 is 34.0 Å². The van der Waals surface area contributed by atoms with Crippen LogP contribution in [0.25, 0.3) is 0 Å². The van der Waals surface area contributed by atoms with Crippen LogP contribution in [0.2, 0.25) is 0 Å². The smallest absolute Gasteiger partial charge is 0.224 e. The predicted molar refractivity (Wildman–Crippen MR) is 180 cm³/mol. The second-order valence-corrected chi connectivity index (χ2v) is 12.0. The van der Waals surface area contributed by atoms with E-state index in [9.17, 15) is 24.3 Å². The topological polar surface area (TPSA) is 243 Å². The van der Waals surface area contributed by atoms with Gasteiger partial charge in [-0.2, -0.15) is 0 Å². The summed E-state index contributed by atoms with van der Waals surface area (Å²) in [6.07, 6.45) is 2.55. The summed E-state index contributed by atoms with van der Waals surface area (Å²) in [5.74, 6) is -3.24. The predicted octanol–water partition coefficient (Wildman–Crippen LogP) is 1.43. The number of Topliss-reactive ketones (excluding diaryl/α,β-unsaturated/α-hetero) is 2. The summed E-state index contributed by atoms with van der Waals surface area (Å²) in [6.45, 7) is 4.39. The molecule has 2 aromatic rings. The fourth-order valence-corrected chi connectivity index (χ4v) is 5.52. The number of carbonyl (C=O) groups is 4. The molecule has 0 heterocycles. The molecule has 252 valence electrons. The highest BCUT2D eigenvalue weighted by atomic mass is 16.3. The highest BCUT2D eigenvalue weighted by Gasteiger charge is 2.31. The minimum absolute atomic E-state index is 0.0472. The summed E-state index contributed by atoms with van der Waals surface area (Å²) >= 11 is 0. The van der Waals surface area contributed by atoms with Crippen molar-refractivity contribution in [3.63, 3.8) is 0 Å². The fourth-order valence-electron chi connectivity index (χ4n) is 5.52. The van der Waals surface area contributed by atoms with E-state index in [0.29, 0.717) is 51.6 Å². The summed E-state index contributed by atoms with van der Waals surface area (Å²) in [5.41, 5.74) is 31.5. The van der Waals surface area contributed by atoms with Gasteiger partial charge in [0.2, 0.25) is 11.8 Å². The van der Waals surface area contributed by atoms with Crippen LogP contribution in [0.1, 0.15) is 67.2 Å². The second-order valence-electron chi connectivity index (χ2n) is 12.0. The molecule has 0 bridgehead atoms. The average molecular weight is 638 g/mol. The average Bonchev–Trinajstić information content (AvgIpc) is 2.99. The third-order valence-corrected chi connectivity index (χ3v) is 8.16. The molecule has 2 amide bonds. The summed E-state index contributed by atoms with van der Waals surface area (Å²) in [5, 5.41) is 12.9. The van der Waals surface area contributed by atoms with Crippen molar-refractivity contribution < 1.29 is 24.3 Å². The van der Waals surface area contributed by atoms with Crippen molar-refractivity contribution in [3.05, 3.63) is 64.7 Å². The molecule has 12 heteroatoms. The monoisotopic (exact) mass is 637 g/mol. The number of unbranched alkanes of at least 4 members (excludes halogenated alkanes) is 1. The van der Waals surface area contributed by atoms with E-state index in [2.05, 4.69) is 10.3 Å². The van der Waals surface area contributed by atoms with Gasteiger partial charge in [-0.25, -0.2) is 0 Å². The molecule has 2 rings (SSSR count). The van der Waals surface area contributed by atoms with Crippen LogP contribution >= 0.6 is 0 Å². The Bertz CT molecular complexity index is 1320. The van der Waals surface area contributed by atoms with Gasteiger partial charge in [0.15, 0.2) is 11.7 Å². The first-order chi connectivity index (χ1) is 21.8. The number of carbonyl (C=O) groups excluding carboxylic acids is 4. The summed E-state index contributed by atoms with van der Waals surface area (Å²) in [4.78, 5) is 57.1. The molecule has 46 heavy (non-hydrogen) atoms. The van der Waals surface area contributed by atoms with Crippen molar-refractivity contribution >= 4 is 29.3 Å². The number of aromatic hydroxyl groups is 1. The molecular weight excluding hydrogens is 586 g/mol. The van der Waals surface area contributed by atoms with Gasteiger partial charge in [0.1, 0.15) is 11.5 Å². The van der Waals surface area contributed by atoms with Gasteiger partial charge in [-0.15, -0.1) is 0 Å². The van der Waals surface area contributed by atoms with Gasteiger partial charge in [-0.05, 0) is 99.7 Å². The Morgan fingerprint density at radius 1 is 0.848 bits per heavy atom. The Hall–Kier alpha value is -4.29. The SMILES string of the molecule is Cc1cc(O)cc(C)c1C[C@H](CC(=O)C(N)CCCN=C(N)N)C(=O)N[C@@H](CCCCN)C(=O)CC(Cc1ccccc1)C(N)=O. The lowest BCUT2D eigenvalue weighted by molar-refractivity contribution is -0.133. The van der Waals surface area contributed by atoms with Crippen LogP contribution in [0, 0.1) is 25.7 Å². The van der Waals surface area contributed by atoms with Crippen LogP contribution in [-0.2, 0) is 32.0 Å². The van der Waals surface area contributed by atoms with E-state index < -0.39 is 35.7 Å². The molecule has 2 unspecified atom stereocenters. The number of aliphatic imine (C=N–C) groups is 1. The van der Waals surface area contributed by atoms with Gasteiger partial charge in [0.25, 0.3) is 0 Å². The van der Waals surface area contributed by atoms with Gasteiger partial charge in [0.05, 0.1) is 12.1 Å². The Labute approximate surface area is 271 Å². The molecule has 0 saturated carbocycles. The number of guanidine groups is 1. The van der Waals surface area contributed by atoms with Crippen molar-refractivity contribution in [1.29, 1.82) is 0 Å². The molecule has 12 nitrogen and oxygen atoms in total. The first-order valence-corrected chi connectivity index (χ1v) is 15.8. The number of rotatable bonds is 21. The minimum atomic E-state index is -0.899. The largest absolute Gasteiger partial charge is 0.508 e. The number of phenolic OH excluding ortho intramolecular Hbond substituents is 1. The van der Waals surface area contributed by atoms with Crippen molar-refractivity contribution in [2.75, 3.05) is 13.1 Å². The van der Waals surface area contributed by atoms with Gasteiger partial charge in [-0.3, -0.25) is 24.2 Å². The van der Waals surface area contributed by atoms with Gasteiger partial charge in [0, 0.05) is 31.2 Å². The molecular formula is C34H51N7O5. The number of aryl methyl sites for hydroxylation is 2. The maximum absolute atomic E-state index is 13.9. The van der Waals surface area contributed by atoms with E-state index in [1.807, 2.05) is 44.2 Å². The van der Waals surface area contributed by atoms with Crippen molar-refractivity contribution in [2.24, 2.45) is 45.5 Å². The van der Waals surface area contributed by atoms with Gasteiger partial charge < -0.3 is 39.1 Å².